The number of hydrogen-bond donors (Lipinski definition) is 2. The summed E-state index contributed by atoms with van der Waals surface area (Å²) in [7, 11) is -3.79. The molecule has 0 bridgehead atoms. The van der Waals surface area contributed by atoms with Crippen LogP contribution in [0.15, 0.2) is 0 Å². The van der Waals surface area contributed by atoms with Gasteiger partial charge in [-0.15, -0.1) is 0 Å². The number of carboxylic acids is 1. The molecule has 0 radical (unpaired) electrons. The largest absolute Gasteiger partial charge is 0.481 e. The number of rotatable bonds is 7. The van der Waals surface area contributed by atoms with Crippen molar-refractivity contribution in [2.45, 2.75) is 13.3 Å². The van der Waals surface area contributed by atoms with Gasteiger partial charge in [0.2, 0.25) is 10.0 Å². The van der Waals surface area contributed by atoms with E-state index in [9.17, 15) is 18.0 Å². The summed E-state index contributed by atoms with van der Waals surface area (Å²) in [4.78, 5) is 20.9. The molecular formula is C7H13NO6S. The number of sulfonamides is 1. The molecule has 0 heterocycles. The van der Waals surface area contributed by atoms with Crippen LogP contribution in [0, 0.1) is 0 Å². The van der Waals surface area contributed by atoms with Crippen LogP contribution < -0.4 is 4.72 Å². The maximum atomic E-state index is 11.1. The molecular weight excluding hydrogens is 226 g/mol. The highest BCUT2D eigenvalue weighted by molar-refractivity contribution is 7.90. The molecule has 0 aromatic heterocycles. The Balaban J connectivity index is 3.97. The van der Waals surface area contributed by atoms with Crippen LogP contribution in [0.3, 0.4) is 0 Å². The molecule has 0 unspecified atom stereocenters. The summed E-state index contributed by atoms with van der Waals surface area (Å²) < 4.78 is 28.6. The Hall–Kier alpha value is -1.15. The average Bonchev–Trinajstić information content (AvgIpc) is 2.01. The molecule has 0 amide bonds. The molecule has 0 spiro atoms. The van der Waals surface area contributed by atoms with Gasteiger partial charge in [0, 0.05) is 6.54 Å². The highest BCUT2D eigenvalue weighted by Gasteiger charge is 2.16. The van der Waals surface area contributed by atoms with Crippen LogP contribution >= 0.6 is 0 Å². The minimum atomic E-state index is -3.79. The van der Waals surface area contributed by atoms with Gasteiger partial charge in [-0.05, 0) is 6.92 Å². The van der Waals surface area contributed by atoms with Crippen LogP contribution in [-0.4, -0.2) is 44.4 Å². The summed E-state index contributed by atoms with van der Waals surface area (Å²) >= 11 is 0. The highest BCUT2D eigenvalue weighted by atomic mass is 32.2. The number of nitrogens with one attached hydrogen (secondary N) is 1. The summed E-state index contributed by atoms with van der Waals surface area (Å²) in [6.07, 6.45) is -0.331. The van der Waals surface area contributed by atoms with Crippen LogP contribution in [-0.2, 0) is 24.3 Å². The molecule has 0 aliphatic heterocycles. The Kier molecular flexibility index (Phi) is 5.87. The topological polar surface area (TPSA) is 110 Å². The van der Waals surface area contributed by atoms with Crippen molar-refractivity contribution >= 4 is 22.0 Å². The summed E-state index contributed by atoms with van der Waals surface area (Å²) in [5, 5.41) is 8.25. The summed E-state index contributed by atoms with van der Waals surface area (Å²) in [5.74, 6) is -2.77. The minimum absolute atomic E-state index is 0.101. The van der Waals surface area contributed by atoms with Crippen molar-refractivity contribution in [1.29, 1.82) is 0 Å². The van der Waals surface area contributed by atoms with Crippen molar-refractivity contribution in [1.82, 2.24) is 4.72 Å². The third kappa shape index (κ3) is 7.89. The Bertz CT molecular complexity index is 322. The highest BCUT2D eigenvalue weighted by Crippen LogP contribution is 1.89. The van der Waals surface area contributed by atoms with Crippen molar-refractivity contribution in [2.24, 2.45) is 0 Å². The van der Waals surface area contributed by atoms with Gasteiger partial charge in [0.1, 0.15) is 0 Å². The third-order valence-electron chi connectivity index (χ3n) is 1.27. The van der Waals surface area contributed by atoms with Crippen molar-refractivity contribution in [3.63, 3.8) is 0 Å². The maximum Gasteiger partial charge on any atom is 0.322 e. The lowest BCUT2D eigenvalue weighted by Crippen LogP contribution is -2.32. The Morgan fingerprint density at radius 3 is 2.47 bits per heavy atom. The van der Waals surface area contributed by atoms with Gasteiger partial charge >= 0.3 is 11.9 Å². The fourth-order valence-corrected chi connectivity index (χ4v) is 1.63. The molecule has 15 heavy (non-hydrogen) atoms. The number of aliphatic carboxylic acids is 1. The van der Waals surface area contributed by atoms with E-state index >= 15 is 0 Å². The first-order valence-corrected chi connectivity index (χ1v) is 5.87. The standard InChI is InChI=1S/C7H13NO6S/c1-2-14-7(11)5-15(12,13)8-4-3-6(9)10/h8H,2-5H2,1H3,(H,9,10). The smallest absolute Gasteiger partial charge is 0.322 e. The molecule has 0 saturated heterocycles. The molecule has 0 aromatic carbocycles. The molecule has 0 saturated carbocycles. The SMILES string of the molecule is CCOC(=O)CS(=O)(=O)NCCC(=O)O. The molecule has 0 aliphatic carbocycles. The molecule has 8 heteroatoms. The zero-order valence-corrected chi connectivity index (χ0v) is 9.04. The number of esters is 1. The van der Waals surface area contributed by atoms with Gasteiger partial charge in [0.25, 0.3) is 0 Å². The van der Waals surface area contributed by atoms with Crippen molar-refractivity contribution in [2.75, 3.05) is 18.9 Å². The van der Waals surface area contributed by atoms with Gasteiger partial charge in [-0.25, -0.2) is 13.1 Å². The molecule has 2 N–H and O–H groups in total. The van der Waals surface area contributed by atoms with E-state index in [0.717, 1.165) is 0 Å². The van der Waals surface area contributed by atoms with Gasteiger partial charge in [-0.2, -0.15) is 0 Å². The van der Waals surface area contributed by atoms with Gasteiger partial charge in [0.15, 0.2) is 5.75 Å². The van der Waals surface area contributed by atoms with E-state index in [1.54, 1.807) is 6.92 Å². The number of carboxylic acid groups (broad SMARTS) is 1. The second-order valence-corrected chi connectivity index (χ2v) is 4.41. The monoisotopic (exact) mass is 239 g/mol. The quantitative estimate of drug-likeness (QED) is 0.548. The number of carbonyl (C=O) groups excluding carboxylic acids is 1. The molecule has 0 aliphatic rings. The van der Waals surface area contributed by atoms with E-state index in [-0.39, 0.29) is 19.6 Å². The van der Waals surface area contributed by atoms with Crippen molar-refractivity contribution < 1.29 is 27.9 Å². The Morgan fingerprint density at radius 2 is 2.00 bits per heavy atom. The minimum Gasteiger partial charge on any atom is -0.481 e. The first-order chi connectivity index (χ1) is 6.87. The van der Waals surface area contributed by atoms with Crippen LogP contribution in [0.2, 0.25) is 0 Å². The predicted octanol–water partition coefficient (Wildman–Crippen LogP) is -1.06. The first-order valence-electron chi connectivity index (χ1n) is 4.22. The van der Waals surface area contributed by atoms with E-state index in [2.05, 4.69) is 4.74 Å². The molecule has 88 valence electrons. The van der Waals surface area contributed by atoms with Crippen LogP contribution in [0.1, 0.15) is 13.3 Å². The third-order valence-corrected chi connectivity index (χ3v) is 2.53. The normalized spacial score (nSPS) is 11.0. The van der Waals surface area contributed by atoms with E-state index in [1.165, 1.54) is 0 Å². The zero-order chi connectivity index (χ0) is 11.9. The predicted molar refractivity (Wildman–Crippen MR) is 50.7 cm³/mol. The average molecular weight is 239 g/mol. The van der Waals surface area contributed by atoms with Crippen LogP contribution in [0.5, 0.6) is 0 Å². The second kappa shape index (κ2) is 6.36. The van der Waals surface area contributed by atoms with E-state index in [1.807, 2.05) is 4.72 Å². The number of carbonyl (C=O) groups is 2. The Morgan fingerprint density at radius 1 is 1.40 bits per heavy atom. The summed E-state index contributed by atoms with van der Waals surface area (Å²) in [6, 6.07) is 0. The van der Waals surface area contributed by atoms with Gasteiger partial charge in [-0.1, -0.05) is 0 Å². The lowest BCUT2D eigenvalue weighted by atomic mass is 10.5. The maximum absolute atomic E-state index is 11.1. The fourth-order valence-electron chi connectivity index (χ4n) is 0.722. The molecule has 7 nitrogen and oxygen atoms in total. The lowest BCUT2D eigenvalue weighted by Gasteiger charge is -2.04. The molecule has 0 rings (SSSR count). The lowest BCUT2D eigenvalue weighted by molar-refractivity contribution is -0.140. The summed E-state index contributed by atoms with van der Waals surface area (Å²) in [6.45, 7) is 1.42. The van der Waals surface area contributed by atoms with Gasteiger partial charge in [0.05, 0.1) is 13.0 Å². The number of ether oxygens (including phenoxy) is 1. The molecule has 0 atom stereocenters. The van der Waals surface area contributed by atoms with Gasteiger partial charge in [-0.3, -0.25) is 9.59 Å². The van der Waals surface area contributed by atoms with Crippen molar-refractivity contribution in [3.05, 3.63) is 0 Å². The van der Waals surface area contributed by atoms with E-state index in [4.69, 9.17) is 5.11 Å². The van der Waals surface area contributed by atoms with E-state index < -0.39 is 27.7 Å². The summed E-state index contributed by atoms with van der Waals surface area (Å²) in [5.41, 5.74) is 0. The number of hydrogen-bond acceptors (Lipinski definition) is 5. The van der Waals surface area contributed by atoms with Crippen molar-refractivity contribution in [3.8, 4) is 0 Å². The zero-order valence-electron chi connectivity index (χ0n) is 8.23. The molecule has 0 fully saturated rings. The second-order valence-electron chi connectivity index (χ2n) is 2.60. The van der Waals surface area contributed by atoms with Crippen LogP contribution in [0.4, 0.5) is 0 Å². The Labute approximate surface area is 87.5 Å². The van der Waals surface area contributed by atoms with Gasteiger partial charge < -0.3 is 9.84 Å². The molecule has 0 aromatic rings. The van der Waals surface area contributed by atoms with Crippen LogP contribution in [0.25, 0.3) is 0 Å². The first kappa shape index (κ1) is 13.8. The fraction of sp³-hybridized carbons (Fsp3) is 0.714. The van der Waals surface area contributed by atoms with E-state index in [0.29, 0.717) is 0 Å².